The Bertz CT molecular complexity index is 640. The Balaban J connectivity index is 1.52. The fraction of sp³-hybridized carbons (Fsp3) is 0.316. The molecule has 1 saturated heterocycles. The lowest BCUT2D eigenvalue weighted by Crippen LogP contribution is -2.51. The van der Waals surface area contributed by atoms with Crippen LogP contribution in [0.5, 0.6) is 0 Å². The average molecular weight is 328 g/mol. The first kappa shape index (κ1) is 16.6. The van der Waals surface area contributed by atoms with E-state index in [9.17, 15) is 9.18 Å². The van der Waals surface area contributed by atoms with Crippen molar-refractivity contribution in [3.8, 4) is 0 Å². The molecular weight excluding hydrogens is 307 g/mol. The van der Waals surface area contributed by atoms with Gasteiger partial charge in [-0.1, -0.05) is 30.3 Å². The Kier molecular flexibility index (Phi) is 5.56. The third-order valence-corrected chi connectivity index (χ3v) is 4.25. The van der Waals surface area contributed by atoms with Crippen molar-refractivity contribution in [1.29, 1.82) is 0 Å². The van der Waals surface area contributed by atoms with Gasteiger partial charge in [-0.3, -0.25) is 9.69 Å². The van der Waals surface area contributed by atoms with Crippen LogP contribution in [0.25, 0.3) is 0 Å². The molecule has 0 radical (unpaired) electrons. The van der Waals surface area contributed by atoms with Crippen LogP contribution < -0.4 is 4.90 Å². The predicted molar refractivity (Wildman–Crippen MR) is 91.3 cm³/mol. The quantitative estimate of drug-likeness (QED) is 0.763. The highest BCUT2D eigenvalue weighted by molar-refractivity contribution is 5.55. The first-order chi connectivity index (χ1) is 11.8. The molecule has 0 N–H and O–H groups in total. The Morgan fingerprint density at radius 1 is 1.00 bits per heavy atom. The molecule has 24 heavy (non-hydrogen) atoms. The normalized spacial score (nSPS) is 16.8. The van der Waals surface area contributed by atoms with E-state index in [4.69, 9.17) is 4.74 Å². The van der Waals surface area contributed by atoms with Gasteiger partial charge in [0.25, 0.3) is 0 Å². The topological polar surface area (TPSA) is 32.8 Å². The summed E-state index contributed by atoms with van der Waals surface area (Å²) >= 11 is 0. The van der Waals surface area contributed by atoms with Gasteiger partial charge in [0.15, 0.2) is 12.5 Å². The molecule has 0 amide bonds. The highest BCUT2D eigenvalue weighted by Gasteiger charge is 2.24. The standard InChI is InChI=1S/C19H21FN2O2/c20-17-6-8-18(9-7-17)21-10-12-22(13-11-21)19(14-23)24-15-16-4-2-1-3-5-16/h1-9,14,19H,10-13,15H2. The molecule has 0 aliphatic carbocycles. The number of anilines is 1. The van der Waals surface area contributed by atoms with Crippen LogP contribution in [0, 0.1) is 5.82 Å². The van der Waals surface area contributed by atoms with E-state index in [1.165, 1.54) is 12.1 Å². The van der Waals surface area contributed by atoms with Gasteiger partial charge in [-0.25, -0.2) is 4.39 Å². The molecule has 1 heterocycles. The lowest BCUT2D eigenvalue weighted by Gasteiger charge is -2.38. The molecule has 2 aromatic rings. The number of piperazine rings is 1. The third kappa shape index (κ3) is 4.19. The van der Waals surface area contributed by atoms with Crippen molar-refractivity contribution >= 4 is 12.0 Å². The number of carbonyl (C=O) groups is 1. The van der Waals surface area contributed by atoms with Gasteiger partial charge >= 0.3 is 0 Å². The minimum atomic E-state index is -0.527. The molecule has 3 rings (SSSR count). The number of aldehydes is 1. The van der Waals surface area contributed by atoms with Gasteiger partial charge in [-0.05, 0) is 29.8 Å². The van der Waals surface area contributed by atoms with Crippen molar-refractivity contribution in [1.82, 2.24) is 4.90 Å². The molecular formula is C19H21FN2O2. The molecule has 1 fully saturated rings. The van der Waals surface area contributed by atoms with Crippen LogP contribution >= 0.6 is 0 Å². The Morgan fingerprint density at radius 2 is 1.67 bits per heavy atom. The van der Waals surface area contributed by atoms with Crippen molar-refractivity contribution in [2.45, 2.75) is 12.8 Å². The van der Waals surface area contributed by atoms with Crippen LogP contribution in [0.3, 0.4) is 0 Å². The molecule has 0 spiro atoms. The molecule has 1 atom stereocenters. The number of nitrogens with zero attached hydrogens (tertiary/aromatic N) is 2. The van der Waals surface area contributed by atoms with Crippen LogP contribution in [0.1, 0.15) is 5.56 Å². The van der Waals surface area contributed by atoms with Crippen LogP contribution in [0.4, 0.5) is 10.1 Å². The summed E-state index contributed by atoms with van der Waals surface area (Å²) in [6.07, 6.45) is 0.330. The summed E-state index contributed by atoms with van der Waals surface area (Å²) in [6.45, 7) is 3.45. The highest BCUT2D eigenvalue weighted by atomic mass is 19.1. The van der Waals surface area contributed by atoms with Crippen LogP contribution in [0.2, 0.25) is 0 Å². The maximum Gasteiger partial charge on any atom is 0.167 e. The van der Waals surface area contributed by atoms with Crippen LogP contribution in [-0.4, -0.2) is 43.6 Å². The van der Waals surface area contributed by atoms with E-state index in [1.54, 1.807) is 12.1 Å². The van der Waals surface area contributed by atoms with Gasteiger partial charge in [0.2, 0.25) is 0 Å². The zero-order valence-corrected chi connectivity index (χ0v) is 13.5. The number of ether oxygens (including phenoxy) is 1. The van der Waals surface area contributed by atoms with Crippen molar-refractivity contribution < 1.29 is 13.9 Å². The van der Waals surface area contributed by atoms with E-state index in [1.807, 2.05) is 35.2 Å². The monoisotopic (exact) mass is 328 g/mol. The van der Waals surface area contributed by atoms with Gasteiger partial charge < -0.3 is 9.64 Å². The van der Waals surface area contributed by atoms with Gasteiger partial charge in [0.1, 0.15) is 5.82 Å². The maximum atomic E-state index is 13.0. The molecule has 0 bridgehead atoms. The zero-order chi connectivity index (χ0) is 16.8. The van der Waals surface area contributed by atoms with Crippen LogP contribution in [-0.2, 0) is 16.1 Å². The van der Waals surface area contributed by atoms with Crippen LogP contribution in [0.15, 0.2) is 54.6 Å². The summed E-state index contributed by atoms with van der Waals surface area (Å²) < 4.78 is 18.8. The number of halogens is 1. The number of hydrogen-bond donors (Lipinski definition) is 0. The molecule has 4 nitrogen and oxygen atoms in total. The molecule has 2 aromatic carbocycles. The third-order valence-electron chi connectivity index (χ3n) is 4.25. The smallest absolute Gasteiger partial charge is 0.167 e. The second-order valence-corrected chi connectivity index (χ2v) is 5.82. The first-order valence-corrected chi connectivity index (χ1v) is 8.11. The van der Waals surface area contributed by atoms with E-state index in [0.29, 0.717) is 6.61 Å². The fourth-order valence-electron chi connectivity index (χ4n) is 2.87. The molecule has 1 aliphatic rings. The highest BCUT2D eigenvalue weighted by Crippen LogP contribution is 2.18. The summed E-state index contributed by atoms with van der Waals surface area (Å²) in [5.41, 5.74) is 2.05. The number of rotatable bonds is 6. The average Bonchev–Trinajstić information content (AvgIpc) is 2.64. The minimum Gasteiger partial charge on any atom is -0.369 e. The van der Waals surface area contributed by atoms with E-state index in [2.05, 4.69) is 4.90 Å². The summed E-state index contributed by atoms with van der Waals surface area (Å²) in [5.74, 6) is -0.229. The molecule has 0 aromatic heterocycles. The zero-order valence-electron chi connectivity index (χ0n) is 13.5. The predicted octanol–water partition coefficient (Wildman–Crippen LogP) is 2.69. The SMILES string of the molecule is O=CC(OCc1ccccc1)N1CCN(c2ccc(F)cc2)CC1. The molecule has 1 aliphatic heterocycles. The van der Waals surface area contributed by atoms with Crippen molar-refractivity contribution in [3.05, 3.63) is 66.0 Å². The van der Waals surface area contributed by atoms with E-state index < -0.39 is 6.23 Å². The molecule has 126 valence electrons. The number of carbonyl (C=O) groups excluding carboxylic acids is 1. The minimum absolute atomic E-state index is 0.229. The Labute approximate surface area is 141 Å². The van der Waals surface area contributed by atoms with E-state index in [0.717, 1.165) is 43.7 Å². The summed E-state index contributed by atoms with van der Waals surface area (Å²) in [7, 11) is 0. The summed E-state index contributed by atoms with van der Waals surface area (Å²) in [5, 5.41) is 0. The number of benzene rings is 2. The summed E-state index contributed by atoms with van der Waals surface area (Å²) in [4.78, 5) is 15.6. The van der Waals surface area contributed by atoms with Crippen molar-refractivity contribution in [2.24, 2.45) is 0 Å². The lowest BCUT2D eigenvalue weighted by atomic mass is 10.2. The van der Waals surface area contributed by atoms with Gasteiger partial charge in [0.05, 0.1) is 6.61 Å². The van der Waals surface area contributed by atoms with E-state index >= 15 is 0 Å². The molecule has 5 heteroatoms. The maximum absolute atomic E-state index is 13.0. The second kappa shape index (κ2) is 8.04. The lowest BCUT2D eigenvalue weighted by molar-refractivity contribution is -0.133. The second-order valence-electron chi connectivity index (χ2n) is 5.82. The molecule has 0 saturated carbocycles. The Morgan fingerprint density at radius 3 is 2.29 bits per heavy atom. The summed E-state index contributed by atoms with van der Waals surface area (Å²) in [6, 6.07) is 16.3. The van der Waals surface area contributed by atoms with E-state index in [-0.39, 0.29) is 5.82 Å². The number of hydrogen-bond acceptors (Lipinski definition) is 4. The van der Waals surface area contributed by atoms with Gasteiger partial charge in [-0.2, -0.15) is 0 Å². The van der Waals surface area contributed by atoms with Gasteiger partial charge in [0, 0.05) is 31.9 Å². The molecule has 1 unspecified atom stereocenters. The fourth-order valence-corrected chi connectivity index (χ4v) is 2.87. The Hall–Kier alpha value is -2.24. The first-order valence-electron chi connectivity index (χ1n) is 8.11. The van der Waals surface area contributed by atoms with Crippen molar-refractivity contribution in [3.63, 3.8) is 0 Å². The van der Waals surface area contributed by atoms with Crippen molar-refractivity contribution in [2.75, 3.05) is 31.1 Å². The van der Waals surface area contributed by atoms with Gasteiger partial charge in [-0.15, -0.1) is 0 Å². The largest absolute Gasteiger partial charge is 0.369 e.